The minimum atomic E-state index is -0.472. The molecule has 0 aromatic heterocycles. The van der Waals surface area contributed by atoms with Gasteiger partial charge in [0, 0.05) is 18.7 Å². The lowest BCUT2D eigenvalue weighted by atomic mass is 9.93. The van der Waals surface area contributed by atoms with Crippen LogP contribution in [0.5, 0.6) is 0 Å². The maximum absolute atomic E-state index is 12.0. The Kier molecular flexibility index (Phi) is 6.05. The molecule has 3 N–H and O–H groups in total. The van der Waals surface area contributed by atoms with Crippen molar-refractivity contribution >= 4 is 17.7 Å². The molecule has 0 heterocycles. The largest absolute Gasteiger partial charge is 0.346 e. The number of nitro groups is 1. The molecule has 0 atom stereocenters. The molecule has 1 aromatic rings. The number of carbonyl (C=O) groups excluding carboxylic acids is 1. The van der Waals surface area contributed by atoms with Crippen molar-refractivity contribution in [3.8, 4) is 0 Å². The molecule has 0 spiro atoms. The lowest BCUT2D eigenvalue weighted by Gasteiger charge is -2.30. The van der Waals surface area contributed by atoms with Gasteiger partial charge >= 0.3 is 0 Å². The molecule has 0 bridgehead atoms. The van der Waals surface area contributed by atoms with Crippen molar-refractivity contribution in [1.29, 1.82) is 0 Å². The van der Waals surface area contributed by atoms with Gasteiger partial charge in [0.1, 0.15) is 0 Å². The third-order valence-electron chi connectivity index (χ3n) is 3.68. The molecular formula is C15H21N3O3. The Morgan fingerprint density at radius 2 is 2.00 bits per heavy atom. The monoisotopic (exact) mass is 291 g/mol. The first kappa shape index (κ1) is 16.8. The summed E-state index contributed by atoms with van der Waals surface area (Å²) in [5.41, 5.74) is 5.66. The van der Waals surface area contributed by atoms with E-state index < -0.39 is 10.5 Å². The highest BCUT2D eigenvalue weighted by molar-refractivity contribution is 5.92. The summed E-state index contributed by atoms with van der Waals surface area (Å²) in [6.07, 6.45) is 4.20. The van der Waals surface area contributed by atoms with E-state index in [1.54, 1.807) is 18.2 Å². The molecule has 6 nitrogen and oxygen atoms in total. The van der Waals surface area contributed by atoms with Gasteiger partial charge in [-0.3, -0.25) is 14.9 Å². The van der Waals surface area contributed by atoms with Crippen LogP contribution >= 0.6 is 0 Å². The van der Waals surface area contributed by atoms with Gasteiger partial charge < -0.3 is 11.1 Å². The van der Waals surface area contributed by atoms with E-state index in [2.05, 4.69) is 5.32 Å². The molecule has 6 heteroatoms. The van der Waals surface area contributed by atoms with Crippen LogP contribution in [-0.2, 0) is 4.79 Å². The van der Waals surface area contributed by atoms with E-state index in [0.717, 1.165) is 12.8 Å². The molecule has 0 radical (unpaired) electrons. The number of carbonyl (C=O) groups is 1. The Morgan fingerprint density at radius 1 is 1.38 bits per heavy atom. The highest BCUT2D eigenvalue weighted by Crippen LogP contribution is 2.19. The van der Waals surface area contributed by atoms with Gasteiger partial charge in [0.2, 0.25) is 5.91 Å². The van der Waals surface area contributed by atoms with E-state index in [4.69, 9.17) is 5.73 Å². The number of nitrogens with zero attached hydrogens (tertiary/aromatic N) is 1. The Labute approximate surface area is 124 Å². The second-order valence-electron chi connectivity index (χ2n) is 4.83. The van der Waals surface area contributed by atoms with Crippen LogP contribution in [0.3, 0.4) is 0 Å². The van der Waals surface area contributed by atoms with Crippen LogP contribution in [0.4, 0.5) is 5.69 Å². The molecule has 0 aliphatic rings. The number of rotatable bonds is 7. The number of nitrogens with one attached hydrogen (secondary N) is 1. The lowest BCUT2D eigenvalue weighted by molar-refractivity contribution is -0.385. The van der Waals surface area contributed by atoms with Crippen molar-refractivity contribution in [2.24, 2.45) is 5.73 Å². The molecule has 1 rings (SSSR count). The van der Waals surface area contributed by atoms with E-state index in [0.29, 0.717) is 12.1 Å². The first-order valence-electron chi connectivity index (χ1n) is 6.91. The molecule has 0 aliphatic heterocycles. The van der Waals surface area contributed by atoms with Crippen molar-refractivity contribution in [3.05, 3.63) is 46.0 Å². The Morgan fingerprint density at radius 3 is 2.52 bits per heavy atom. The molecule has 0 fully saturated rings. The van der Waals surface area contributed by atoms with E-state index in [9.17, 15) is 14.9 Å². The lowest BCUT2D eigenvalue weighted by Crippen LogP contribution is -2.52. The molecule has 0 unspecified atom stereocenters. The zero-order valence-corrected chi connectivity index (χ0v) is 12.3. The van der Waals surface area contributed by atoms with Crippen molar-refractivity contribution in [2.75, 3.05) is 6.54 Å². The third-order valence-corrected chi connectivity index (χ3v) is 3.68. The van der Waals surface area contributed by atoms with Gasteiger partial charge in [-0.15, -0.1) is 0 Å². The van der Waals surface area contributed by atoms with Gasteiger partial charge in [-0.25, -0.2) is 0 Å². The van der Waals surface area contributed by atoms with Crippen LogP contribution in [0.25, 0.3) is 6.08 Å². The summed E-state index contributed by atoms with van der Waals surface area (Å²) in [4.78, 5) is 22.4. The first-order chi connectivity index (χ1) is 9.98. The van der Waals surface area contributed by atoms with Crippen LogP contribution in [0.15, 0.2) is 30.3 Å². The van der Waals surface area contributed by atoms with E-state index in [1.807, 2.05) is 13.8 Å². The summed E-state index contributed by atoms with van der Waals surface area (Å²) in [7, 11) is 0. The molecule has 114 valence electrons. The summed E-state index contributed by atoms with van der Waals surface area (Å²) in [6.45, 7) is 4.27. The molecule has 0 aliphatic carbocycles. The SMILES string of the molecule is CCC(CC)(CN)NC(=O)C=Cc1ccccc1[N+](=O)[O-]. The fourth-order valence-corrected chi connectivity index (χ4v) is 2.03. The smallest absolute Gasteiger partial charge is 0.276 e. The predicted molar refractivity (Wildman–Crippen MR) is 82.6 cm³/mol. The second-order valence-corrected chi connectivity index (χ2v) is 4.83. The van der Waals surface area contributed by atoms with Gasteiger partial charge in [-0.2, -0.15) is 0 Å². The van der Waals surface area contributed by atoms with Gasteiger partial charge in [0.05, 0.1) is 16.0 Å². The summed E-state index contributed by atoms with van der Waals surface area (Å²) >= 11 is 0. The minimum absolute atomic E-state index is 0.0300. The topological polar surface area (TPSA) is 98.3 Å². The molecule has 0 saturated heterocycles. The van der Waals surface area contributed by atoms with Crippen LogP contribution in [0.1, 0.15) is 32.3 Å². The zero-order valence-electron chi connectivity index (χ0n) is 12.3. The maximum atomic E-state index is 12.0. The number of nitrogens with two attached hydrogens (primary N) is 1. The van der Waals surface area contributed by atoms with E-state index >= 15 is 0 Å². The summed E-state index contributed by atoms with van der Waals surface area (Å²) in [5, 5.41) is 13.8. The number of nitro benzene ring substituents is 1. The first-order valence-corrected chi connectivity index (χ1v) is 6.91. The number of para-hydroxylation sites is 1. The van der Waals surface area contributed by atoms with Crippen LogP contribution in [-0.4, -0.2) is 22.9 Å². The van der Waals surface area contributed by atoms with Crippen molar-refractivity contribution in [3.63, 3.8) is 0 Å². The van der Waals surface area contributed by atoms with Crippen LogP contribution < -0.4 is 11.1 Å². The number of hydrogen-bond donors (Lipinski definition) is 2. The average Bonchev–Trinajstić information content (AvgIpc) is 2.51. The van der Waals surface area contributed by atoms with Gasteiger partial charge in [-0.05, 0) is 25.0 Å². The highest BCUT2D eigenvalue weighted by Gasteiger charge is 2.25. The summed E-state index contributed by atoms with van der Waals surface area (Å²) < 4.78 is 0. The third kappa shape index (κ3) is 4.39. The normalized spacial score (nSPS) is 11.6. The second kappa shape index (κ2) is 7.54. The van der Waals surface area contributed by atoms with Gasteiger partial charge in [0.25, 0.3) is 5.69 Å². The van der Waals surface area contributed by atoms with Crippen LogP contribution in [0, 0.1) is 10.1 Å². The average molecular weight is 291 g/mol. The fourth-order valence-electron chi connectivity index (χ4n) is 2.03. The molecule has 1 aromatic carbocycles. The Bertz CT molecular complexity index is 528. The number of hydrogen-bond acceptors (Lipinski definition) is 4. The van der Waals surface area contributed by atoms with Crippen LogP contribution in [0.2, 0.25) is 0 Å². The minimum Gasteiger partial charge on any atom is -0.346 e. The van der Waals surface area contributed by atoms with Crippen molar-refractivity contribution in [1.82, 2.24) is 5.32 Å². The summed E-state index contributed by atoms with van der Waals surface area (Å²) in [6, 6.07) is 6.27. The zero-order chi connectivity index (χ0) is 15.9. The Hall–Kier alpha value is -2.21. The van der Waals surface area contributed by atoms with Crippen molar-refractivity contribution < 1.29 is 9.72 Å². The molecule has 1 amide bonds. The predicted octanol–water partition coefficient (Wildman–Crippen LogP) is 2.24. The fraction of sp³-hybridized carbons (Fsp3) is 0.400. The van der Waals surface area contributed by atoms with E-state index in [-0.39, 0.29) is 11.6 Å². The number of benzene rings is 1. The highest BCUT2D eigenvalue weighted by atomic mass is 16.6. The number of amides is 1. The summed E-state index contributed by atoms with van der Waals surface area (Å²) in [5.74, 6) is -0.303. The molecule has 0 saturated carbocycles. The van der Waals surface area contributed by atoms with Gasteiger partial charge in [-0.1, -0.05) is 26.0 Å². The van der Waals surface area contributed by atoms with Crippen molar-refractivity contribution in [2.45, 2.75) is 32.2 Å². The Balaban J connectivity index is 2.86. The molecule has 21 heavy (non-hydrogen) atoms. The van der Waals surface area contributed by atoms with Gasteiger partial charge in [0.15, 0.2) is 0 Å². The van der Waals surface area contributed by atoms with E-state index in [1.165, 1.54) is 18.2 Å². The molecular weight excluding hydrogens is 270 g/mol. The quantitative estimate of drug-likeness (QED) is 0.457. The maximum Gasteiger partial charge on any atom is 0.276 e. The standard InChI is InChI=1S/C15H21N3O3/c1-3-15(4-2,11-16)17-14(19)10-9-12-7-5-6-8-13(12)18(20)21/h5-10H,3-4,11,16H2,1-2H3,(H,17,19).